The van der Waals surface area contributed by atoms with Crippen LogP contribution < -0.4 is 0 Å². The number of carboxylic acids is 1. The average Bonchev–Trinajstić information content (AvgIpc) is 2.17. The first kappa shape index (κ1) is 12.8. The molecule has 0 radical (unpaired) electrons. The number of rotatable bonds is 5. The van der Waals surface area contributed by atoms with Crippen LogP contribution in [-0.4, -0.2) is 18.2 Å². The van der Waals surface area contributed by atoms with Gasteiger partial charge >= 0.3 is 5.97 Å². The number of aliphatic carboxylic acids is 1. The van der Waals surface area contributed by atoms with Gasteiger partial charge in [0.15, 0.2) is 0 Å². The van der Waals surface area contributed by atoms with E-state index in [1.54, 1.807) is 7.11 Å². The van der Waals surface area contributed by atoms with Crippen molar-refractivity contribution in [3.63, 3.8) is 0 Å². The summed E-state index contributed by atoms with van der Waals surface area (Å²) < 4.78 is 5.44. The van der Waals surface area contributed by atoms with Crippen LogP contribution in [0.1, 0.15) is 39.0 Å². The molecule has 3 heteroatoms. The Kier molecular flexibility index (Phi) is 4.16. The minimum atomic E-state index is -0.785. The van der Waals surface area contributed by atoms with Gasteiger partial charge in [0.2, 0.25) is 0 Å². The third-order valence-corrected chi connectivity index (χ3v) is 3.24. The molecule has 0 aliphatic heterocycles. The van der Waals surface area contributed by atoms with Crippen molar-refractivity contribution >= 4 is 5.97 Å². The van der Waals surface area contributed by atoms with Gasteiger partial charge in [-0.05, 0) is 31.3 Å². The Balaban J connectivity index is 3.03. The van der Waals surface area contributed by atoms with Crippen molar-refractivity contribution in [1.29, 1.82) is 0 Å². The van der Waals surface area contributed by atoms with E-state index in [-0.39, 0.29) is 11.8 Å². The zero-order chi connectivity index (χ0) is 12.2. The molecule has 0 amide bonds. The molecule has 0 aromatic carbocycles. The number of carbonyl (C=O) groups is 1. The maximum Gasteiger partial charge on any atom is 0.307 e. The summed E-state index contributed by atoms with van der Waals surface area (Å²) in [7, 11) is 1.63. The first-order valence-corrected chi connectivity index (χ1v) is 5.62. The van der Waals surface area contributed by atoms with Crippen LogP contribution in [0.15, 0.2) is 24.0 Å². The highest BCUT2D eigenvalue weighted by Crippen LogP contribution is 2.44. The normalized spacial score (nSPS) is 25.4. The molecule has 90 valence electrons. The van der Waals surface area contributed by atoms with E-state index in [2.05, 4.69) is 13.5 Å². The maximum atomic E-state index is 10.8. The van der Waals surface area contributed by atoms with E-state index in [0.29, 0.717) is 0 Å². The van der Waals surface area contributed by atoms with E-state index in [4.69, 9.17) is 9.84 Å². The summed E-state index contributed by atoms with van der Waals surface area (Å²) in [4.78, 5) is 10.8. The van der Waals surface area contributed by atoms with Gasteiger partial charge in [-0.25, -0.2) is 0 Å². The summed E-state index contributed by atoms with van der Waals surface area (Å²) in [6.07, 6.45) is 5.70. The van der Waals surface area contributed by atoms with Crippen molar-refractivity contribution < 1.29 is 14.6 Å². The Hall–Kier alpha value is -1.25. The molecule has 1 atom stereocenters. The summed E-state index contributed by atoms with van der Waals surface area (Å²) >= 11 is 0. The van der Waals surface area contributed by atoms with Crippen LogP contribution in [0.25, 0.3) is 0 Å². The lowest BCUT2D eigenvalue weighted by atomic mass is 9.73. The van der Waals surface area contributed by atoms with Gasteiger partial charge in [-0.15, -0.1) is 6.58 Å². The molecule has 1 aliphatic rings. The van der Waals surface area contributed by atoms with Gasteiger partial charge < -0.3 is 9.84 Å². The third kappa shape index (κ3) is 2.65. The topological polar surface area (TPSA) is 46.5 Å². The van der Waals surface area contributed by atoms with E-state index < -0.39 is 5.97 Å². The number of ether oxygens (including phenoxy) is 1. The monoisotopic (exact) mass is 224 g/mol. The smallest absolute Gasteiger partial charge is 0.307 e. The molecule has 0 saturated heterocycles. The molecular weight excluding hydrogens is 204 g/mol. The predicted molar refractivity (Wildman–Crippen MR) is 63.1 cm³/mol. The standard InChI is InChI=1S/C13H20O3/c1-4-7-13(2)8-5-6-10(9-11(14)15)12(13)16-3/h4H,1,5-9H2,2-3H3,(H,14,15). The molecule has 0 fully saturated rings. The fourth-order valence-corrected chi connectivity index (χ4v) is 2.60. The zero-order valence-corrected chi connectivity index (χ0v) is 10.1. The lowest BCUT2D eigenvalue weighted by Gasteiger charge is -2.36. The number of hydrogen-bond acceptors (Lipinski definition) is 2. The van der Waals surface area contributed by atoms with E-state index in [1.807, 2.05) is 6.08 Å². The molecule has 0 saturated carbocycles. The second-order valence-electron chi connectivity index (χ2n) is 4.61. The van der Waals surface area contributed by atoms with Gasteiger partial charge in [-0.1, -0.05) is 13.0 Å². The Bertz CT molecular complexity index is 317. The molecular formula is C13H20O3. The summed E-state index contributed by atoms with van der Waals surface area (Å²) in [5.74, 6) is 0.0773. The third-order valence-electron chi connectivity index (χ3n) is 3.24. The van der Waals surface area contributed by atoms with Crippen molar-refractivity contribution in [2.75, 3.05) is 7.11 Å². The van der Waals surface area contributed by atoms with Crippen molar-refractivity contribution in [2.24, 2.45) is 5.41 Å². The van der Waals surface area contributed by atoms with Crippen molar-refractivity contribution in [3.8, 4) is 0 Å². The van der Waals surface area contributed by atoms with E-state index >= 15 is 0 Å². The van der Waals surface area contributed by atoms with Crippen molar-refractivity contribution in [3.05, 3.63) is 24.0 Å². The van der Waals surface area contributed by atoms with Gasteiger partial charge in [-0.3, -0.25) is 4.79 Å². The number of allylic oxidation sites excluding steroid dienone is 2. The molecule has 1 unspecified atom stereocenters. The van der Waals surface area contributed by atoms with Crippen LogP contribution in [0.3, 0.4) is 0 Å². The van der Waals surface area contributed by atoms with Crippen LogP contribution in [0.2, 0.25) is 0 Å². The van der Waals surface area contributed by atoms with Gasteiger partial charge in [0.05, 0.1) is 13.5 Å². The SMILES string of the molecule is C=CCC1(C)CCCC(CC(=O)O)=C1OC. The van der Waals surface area contributed by atoms with Gasteiger partial charge in [0.1, 0.15) is 5.76 Å². The summed E-state index contributed by atoms with van der Waals surface area (Å²) in [5.41, 5.74) is 0.866. The number of carboxylic acid groups (broad SMARTS) is 1. The summed E-state index contributed by atoms with van der Waals surface area (Å²) in [5, 5.41) is 8.87. The second kappa shape index (κ2) is 5.19. The highest BCUT2D eigenvalue weighted by molar-refractivity contribution is 5.70. The summed E-state index contributed by atoms with van der Waals surface area (Å²) in [6.45, 7) is 5.88. The molecule has 0 spiro atoms. The zero-order valence-electron chi connectivity index (χ0n) is 10.1. The Morgan fingerprint density at radius 3 is 2.88 bits per heavy atom. The highest BCUT2D eigenvalue weighted by Gasteiger charge is 2.34. The molecule has 1 aliphatic carbocycles. The van der Waals surface area contributed by atoms with Crippen LogP contribution in [0.4, 0.5) is 0 Å². The Morgan fingerprint density at radius 1 is 1.69 bits per heavy atom. The number of hydrogen-bond donors (Lipinski definition) is 1. The Labute approximate surface area is 96.8 Å². The molecule has 16 heavy (non-hydrogen) atoms. The molecule has 0 bridgehead atoms. The summed E-state index contributed by atoms with van der Waals surface area (Å²) in [6, 6.07) is 0. The lowest BCUT2D eigenvalue weighted by Crippen LogP contribution is -2.26. The lowest BCUT2D eigenvalue weighted by molar-refractivity contribution is -0.136. The van der Waals surface area contributed by atoms with Gasteiger partial charge in [0.25, 0.3) is 0 Å². The van der Waals surface area contributed by atoms with Gasteiger partial charge in [0, 0.05) is 5.41 Å². The van der Waals surface area contributed by atoms with Crippen LogP contribution in [0.5, 0.6) is 0 Å². The fourth-order valence-electron chi connectivity index (χ4n) is 2.60. The molecule has 0 heterocycles. The van der Waals surface area contributed by atoms with Gasteiger partial charge in [-0.2, -0.15) is 0 Å². The van der Waals surface area contributed by atoms with Crippen LogP contribution >= 0.6 is 0 Å². The minimum absolute atomic E-state index is 0.0699. The van der Waals surface area contributed by atoms with Crippen molar-refractivity contribution in [1.82, 2.24) is 0 Å². The maximum absolute atomic E-state index is 10.8. The van der Waals surface area contributed by atoms with E-state index in [9.17, 15) is 4.79 Å². The van der Waals surface area contributed by atoms with E-state index in [1.165, 1.54) is 0 Å². The average molecular weight is 224 g/mol. The number of methoxy groups -OCH3 is 1. The first-order chi connectivity index (χ1) is 7.53. The molecule has 3 nitrogen and oxygen atoms in total. The fraction of sp³-hybridized carbons (Fsp3) is 0.615. The van der Waals surface area contributed by atoms with E-state index in [0.717, 1.165) is 37.0 Å². The van der Waals surface area contributed by atoms with Crippen LogP contribution in [0, 0.1) is 5.41 Å². The first-order valence-electron chi connectivity index (χ1n) is 5.62. The molecule has 0 aromatic heterocycles. The predicted octanol–water partition coefficient (Wildman–Crippen LogP) is 3.13. The molecule has 0 aromatic rings. The second-order valence-corrected chi connectivity index (χ2v) is 4.61. The molecule has 1 rings (SSSR count). The quantitative estimate of drug-likeness (QED) is 0.730. The highest BCUT2D eigenvalue weighted by atomic mass is 16.5. The minimum Gasteiger partial charge on any atom is -0.501 e. The van der Waals surface area contributed by atoms with Crippen LogP contribution in [-0.2, 0) is 9.53 Å². The molecule has 1 N–H and O–H groups in total. The largest absolute Gasteiger partial charge is 0.501 e. The van der Waals surface area contributed by atoms with Crippen molar-refractivity contribution in [2.45, 2.75) is 39.0 Å². The Morgan fingerprint density at radius 2 is 2.38 bits per heavy atom.